The SMILES string of the molecule is C=C(c1ccccc1)[C@@H](C)NC(C)=O. The van der Waals surface area contributed by atoms with Gasteiger partial charge in [0.25, 0.3) is 0 Å². The maximum absolute atomic E-state index is 10.8. The third kappa shape index (κ3) is 2.73. The number of nitrogens with one attached hydrogen (secondary N) is 1. The predicted molar refractivity (Wildman–Crippen MR) is 58.8 cm³/mol. The van der Waals surface area contributed by atoms with Crippen LogP contribution in [0, 0.1) is 0 Å². The summed E-state index contributed by atoms with van der Waals surface area (Å²) in [7, 11) is 0. The average molecular weight is 189 g/mol. The van der Waals surface area contributed by atoms with Crippen molar-refractivity contribution in [3.05, 3.63) is 42.5 Å². The predicted octanol–water partition coefficient (Wildman–Crippen LogP) is 2.22. The molecule has 0 aromatic heterocycles. The van der Waals surface area contributed by atoms with Crippen LogP contribution in [0.5, 0.6) is 0 Å². The van der Waals surface area contributed by atoms with Gasteiger partial charge in [0.2, 0.25) is 5.91 Å². The van der Waals surface area contributed by atoms with Gasteiger partial charge < -0.3 is 5.32 Å². The molecule has 1 aromatic rings. The van der Waals surface area contributed by atoms with E-state index in [4.69, 9.17) is 0 Å². The van der Waals surface area contributed by atoms with Gasteiger partial charge in [0, 0.05) is 6.92 Å². The first-order valence-electron chi connectivity index (χ1n) is 4.62. The Bertz CT molecular complexity index is 329. The molecule has 1 aromatic carbocycles. The van der Waals surface area contributed by atoms with E-state index in [1.165, 1.54) is 6.92 Å². The lowest BCUT2D eigenvalue weighted by Crippen LogP contribution is -2.30. The molecule has 0 aliphatic carbocycles. The lowest BCUT2D eigenvalue weighted by molar-refractivity contribution is -0.119. The minimum Gasteiger partial charge on any atom is -0.350 e. The normalized spacial score (nSPS) is 11.9. The standard InChI is InChI=1S/C12H15NO/c1-9(10(2)13-11(3)14)12-7-5-4-6-8-12/h4-8,10H,1H2,2-3H3,(H,13,14)/t10-/m1/s1. The van der Waals surface area contributed by atoms with E-state index in [2.05, 4.69) is 11.9 Å². The van der Waals surface area contributed by atoms with Crippen molar-refractivity contribution in [1.29, 1.82) is 0 Å². The molecule has 0 saturated carbocycles. The number of amides is 1. The van der Waals surface area contributed by atoms with Gasteiger partial charge in [-0.2, -0.15) is 0 Å². The number of carbonyl (C=O) groups is 1. The zero-order valence-electron chi connectivity index (χ0n) is 8.58. The summed E-state index contributed by atoms with van der Waals surface area (Å²) in [4.78, 5) is 10.8. The molecule has 2 nitrogen and oxygen atoms in total. The van der Waals surface area contributed by atoms with Gasteiger partial charge in [-0.1, -0.05) is 36.9 Å². The van der Waals surface area contributed by atoms with Crippen LogP contribution in [-0.4, -0.2) is 11.9 Å². The molecular weight excluding hydrogens is 174 g/mol. The zero-order valence-corrected chi connectivity index (χ0v) is 8.58. The van der Waals surface area contributed by atoms with Crippen molar-refractivity contribution in [3.63, 3.8) is 0 Å². The molecule has 0 heterocycles. The molecular formula is C12H15NO. The first-order chi connectivity index (χ1) is 6.61. The van der Waals surface area contributed by atoms with Crippen molar-refractivity contribution >= 4 is 11.5 Å². The Labute approximate surface area is 84.6 Å². The molecule has 0 radical (unpaired) electrons. The average Bonchev–Trinajstić information content (AvgIpc) is 2.17. The highest BCUT2D eigenvalue weighted by molar-refractivity contribution is 5.77. The van der Waals surface area contributed by atoms with Crippen LogP contribution in [0.3, 0.4) is 0 Å². The molecule has 1 amide bonds. The van der Waals surface area contributed by atoms with Crippen LogP contribution in [0.4, 0.5) is 0 Å². The summed E-state index contributed by atoms with van der Waals surface area (Å²) in [6, 6.07) is 9.83. The summed E-state index contributed by atoms with van der Waals surface area (Å²) in [5.74, 6) is -0.0328. The summed E-state index contributed by atoms with van der Waals surface area (Å²) in [6.07, 6.45) is 0. The lowest BCUT2D eigenvalue weighted by Gasteiger charge is -2.15. The molecule has 0 unspecified atom stereocenters. The summed E-state index contributed by atoms with van der Waals surface area (Å²) in [5, 5.41) is 2.80. The largest absolute Gasteiger partial charge is 0.350 e. The summed E-state index contributed by atoms with van der Waals surface area (Å²) >= 11 is 0. The van der Waals surface area contributed by atoms with Crippen LogP contribution in [-0.2, 0) is 4.79 Å². The van der Waals surface area contributed by atoms with Crippen LogP contribution in [0.15, 0.2) is 36.9 Å². The van der Waals surface area contributed by atoms with Crippen molar-refractivity contribution in [3.8, 4) is 0 Å². The number of rotatable bonds is 3. The van der Waals surface area contributed by atoms with Crippen LogP contribution < -0.4 is 5.32 Å². The van der Waals surface area contributed by atoms with Gasteiger partial charge in [-0.3, -0.25) is 4.79 Å². The fourth-order valence-corrected chi connectivity index (χ4v) is 1.29. The van der Waals surface area contributed by atoms with Crippen LogP contribution in [0.1, 0.15) is 19.4 Å². The van der Waals surface area contributed by atoms with Gasteiger partial charge in [-0.05, 0) is 18.1 Å². The Morgan fingerprint density at radius 2 is 1.93 bits per heavy atom. The van der Waals surface area contributed by atoms with E-state index < -0.39 is 0 Å². The first kappa shape index (κ1) is 10.5. The summed E-state index contributed by atoms with van der Waals surface area (Å²) < 4.78 is 0. The van der Waals surface area contributed by atoms with Gasteiger partial charge >= 0.3 is 0 Å². The van der Waals surface area contributed by atoms with Gasteiger partial charge in [0.05, 0.1) is 6.04 Å². The van der Waals surface area contributed by atoms with E-state index in [0.29, 0.717) is 0 Å². The van der Waals surface area contributed by atoms with Crippen LogP contribution >= 0.6 is 0 Å². The molecule has 0 saturated heterocycles. The van der Waals surface area contributed by atoms with E-state index in [-0.39, 0.29) is 11.9 Å². The minimum atomic E-state index is -0.0328. The molecule has 74 valence electrons. The quantitative estimate of drug-likeness (QED) is 0.776. The van der Waals surface area contributed by atoms with Gasteiger partial charge in [0.15, 0.2) is 0 Å². The number of carbonyl (C=O) groups excluding carboxylic acids is 1. The maximum Gasteiger partial charge on any atom is 0.217 e. The third-order valence-corrected chi connectivity index (χ3v) is 2.09. The fourth-order valence-electron chi connectivity index (χ4n) is 1.29. The fraction of sp³-hybridized carbons (Fsp3) is 0.250. The van der Waals surface area contributed by atoms with Crippen molar-refractivity contribution in [1.82, 2.24) is 5.32 Å². The third-order valence-electron chi connectivity index (χ3n) is 2.09. The molecule has 0 spiro atoms. The van der Waals surface area contributed by atoms with E-state index in [9.17, 15) is 4.79 Å². The highest BCUT2D eigenvalue weighted by atomic mass is 16.1. The Hall–Kier alpha value is -1.57. The highest BCUT2D eigenvalue weighted by Gasteiger charge is 2.08. The van der Waals surface area contributed by atoms with Crippen molar-refractivity contribution < 1.29 is 4.79 Å². The molecule has 1 N–H and O–H groups in total. The number of hydrogen-bond acceptors (Lipinski definition) is 1. The van der Waals surface area contributed by atoms with E-state index in [1.807, 2.05) is 37.3 Å². The van der Waals surface area contributed by atoms with Crippen molar-refractivity contribution in [2.24, 2.45) is 0 Å². The zero-order chi connectivity index (χ0) is 10.6. The van der Waals surface area contributed by atoms with E-state index in [0.717, 1.165) is 11.1 Å². The second kappa shape index (κ2) is 4.61. The Kier molecular flexibility index (Phi) is 3.46. The molecule has 0 aliphatic heterocycles. The van der Waals surface area contributed by atoms with Crippen molar-refractivity contribution in [2.45, 2.75) is 19.9 Å². The minimum absolute atomic E-state index is 0.0186. The Morgan fingerprint density at radius 3 is 2.43 bits per heavy atom. The molecule has 0 aliphatic rings. The number of hydrogen-bond donors (Lipinski definition) is 1. The Balaban J connectivity index is 2.71. The monoisotopic (exact) mass is 189 g/mol. The topological polar surface area (TPSA) is 29.1 Å². The van der Waals surface area contributed by atoms with E-state index >= 15 is 0 Å². The number of benzene rings is 1. The first-order valence-corrected chi connectivity index (χ1v) is 4.62. The van der Waals surface area contributed by atoms with Gasteiger partial charge in [-0.25, -0.2) is 0 Å². The van der Waals surface area contributed by atoms with Crippen molar-refractivity contribution in [2.75, 3.05) is 0 Å². The molecule has 0 fully saturated rings. The maximum atomic E-state index is 10.8. The highest BCUT2D eigenvalue weighted by Crippen LogP contribution is 2.15. The smallest absolute Gasteiger partial charge is 0.217 e. The van der Waals surface area contributed by atoms with E-state index in [1.54, 1.807) is 0 Å². The lowest BCUT2D eigenvalue weighted by atomic mass is 10.0. The Morgan fingerprint density at radius 1 is 1.36 bits per heavy atom. The summed E-state index contributed by atoms with van der Waals surface area (Å²) in [5.41, 5.74) is 1.99. The molecule has 2 heteroatoms. The molecule has 0 bridgehead atoms. The molecule has 14 heavy (non-hydrogen) atoms. The van der Waals surface area contributed by atoms with Crippen LogP contribution in [0.25, 0.3) is 5.57 Å². The summed E-state index contributed by atoms with van der Waals surface area (Å²) in [6.45, 7) is 7.40. The molecule has 1 rings (SSSR count). The van der Waals surface area contributed by atoms with Gasteiger partial charge in [0.1, 0.15) is 0 Å². The van der Waals surface area contributed by atoms with Crippen LogP contribution in [0.2, 0.25) is 0 Å². The second-order valence-corrected chi connectivity index (χ2v) is 3.31. The second-order valence-electron chi connectivity index (χ2n) is 3.31. The molecule has 1 atom stereocenters. The van der Waals surface area contributed by atoms with Gasteiger partial charge in [-0.15, -0.1) is 0 Å².